The van der Waals surface area contributed by atoms with Gasteiger partial charge in [-0.05, 0) is 44.0 Å². The van der Waals surface area contributed by atoms with Gasteiger partial charge >= 0.3 is 0 Å². The van der Waals surface area contributed by atoms with Crippen LogP contribution in [0.25, 0.3) is 0 Å². The first-order chi connectivity index (χ1) is 8.80. The molecule has 0 unspecified atom stereocenters. The molecule has 0 radical (unpaired) electrons. The second-order valence-electron chi connectivity index (χ2n) is 5.15. The van der Waals surface area contributed by atoms with Gasteiger partial charge in [-0.2, -0.15) is 0 Å². The van der Waals surface area contributed by atoms with Crippen LogP contribution in [0.15, 0.2) is 23.4 Å². The number of nitrogens with one attached hydrogen (secondary N) is 1. The Kier molecular flexibility index (Phi) is 2.74. The first kappa shape index (κ1) is 11.5. The molecule has 2 aliphatic rings. The van der Waals surface area contributed by atoms with Gasteiger partial charge in [-0.1, -0.05) is 17.3 Å². The lowest BCUT2D eigenvalue weighted by Crippen LogP contribution is -2.41. The molecule has 0 saturated carbocycles. The van der Waals surface area contributed by atoms with Crippen molar-refractivity contribution in [1.82, 2.24) is 5.32 Å². The SMILES string of the molecule is COc1cccc2c1/C(=N\O)C1(CCNCC1)C2. The summed E-state index contributed by atoms with van der Waals surface area (Å²) in [5.74, 6) is 0.815. The summed E-state index contributed by atoms with van der Waals surface area (Å²) in [5.41, 5.74) is 3.06. The molecule has 1 aliphatic carbocycles. The predicted molar refractivity (Wildman–Crippen MR) is 69.6 cm³/mol. The van der Waals surface area contributed by atoms with E-state index in [-0.39, 0.29) is 5.41 Å². The topological polar surface area (TPSA) is 53.9 Å². The maximum Gasteiger partial charge on any atom is 0.128 e. The fourth-order valence-corrected chi connectivity index (χ4v) is 3.35. The van der Waals surface area contributed by atoms with E-state index in [1.165, 1.54) is 5.56 Å². The lowest BCUT2D eigenvalue weighted by Gasteiger charge is -2.33. The van der Waals surface area contributed by atoms with E-state index in [4.69, 9.17) is 4.74 Å². The maximum atomic E-state index is 9.46. The van der Waals surface area contributed by atoms with Gasteiger partial charge in [0.05, 0.1) is 12.8 Å². The first-order valence-electron chi connectivity index (χ1n) is 6.40. The normalized spacial score (nSPS) is 23.3. The zero-order valence-electron chi connectivity index (χ0n) is 10.6. The Morgan fingerprint density at radius 2 is 2.11 bits per heavy atom. The zero-order valence-corrected chi connectivity index (χ0v) is 10.6. The van der Waals surface area contributed by atoms with Crippen LogP contribution in [-0.2, 0) is 6.42 Å². The quantitative estimate of drug-likeness (QED) is 0.587. The molecule has 18 heavy (non-hydrogen) atoms. The first-order valence-corrected chi connectivity index (χ1v) is 6.40. The van der Waals surface area contributed by atoms with Crippen molar-refractivity contribution < 1.29 is 9.94 Å². The molecule has 0 aromatic heterocycles. The molecule has 1 heterocycles. The largest absolute Gasteiger partial charge is 0.496 e. The van der Waals surface area contributed by atoms with Crippen LogP contribution >= 0.6 is 0 Å². The highest BCUT2D eigenvalue weighted by atomic mass is 16.5. The lowest BCUT2D eigenvalue weighted by molar-refractivity contribution is 0.274. The van der Waals surface area contributed by atoms with Gasteiger partial charge in [-0.15, -0.1) is 0 Å². The van der Waals surface area contributed by atoms with Gasteiger partial charge in [-0.25, -0.2) is 0 Å². The van der Waals surface area contributed by atoms with Crippen molar-refractivity contribution in [3.63, 3.8) is 0 Å². The Morgan fingerprint density at radius 3 is 2.78 bits per heavy atom. The van der Waals surface area contributed by atoms with E-state index in [1.807, 2.05) is 12.1 Å². The summed E-state index contributed by atoms with van der Waals surface area (Å²) in [4.78, 5) is 0. The molecule has 0 amide bonds. The summed E-state index contributed by atoms with van der Waals surface area (Å²) in [6, 6.07) is 6.05. The molecule has 1 aromatic rings. The molecule has 1 fully saturated rings. The molecule has 2 N–H and O–H groups in total. The van der Waals surface area contributed by atoms with Crippen LogP contribution in [0.5, 0.6) is 5.75 Å². The summed E-state index contributed by atoms with van der Waals surface area (Å²) in [7, 11) is 1.66. The lowest BCUT2D eigenvalue weighted by atomic mass is 9.75. The highest BCUT2D eigenvalue weighted by Gasteiger charge is 2.45. The minimum atomic E-state index is -0.00301. The van der Waals surface area contributed by atoms with Crippen LogP contribution in [0.2, 0.25) is 0 Å². The number of piperidine rings is 1. The van der Waals surface area contributed by atoms with Gasteiger partial charge in [-0.3, -0.25) is 0 Å². The average molecular weight is 246 g/mol. The molecular formula is C14H18N2O2. The molecular weight excluding hydrogens is 228 g/mol. The number of methoxy groups -OCH3 is 1. The second kappa shape index (κ2) is 4.28. The van der Waals surface area contributed by atoms with Crippen LogP contribution in [-0.4, -0.2) is 31.1 Å². The van der Waals surface area contributed by atoms with Gasteiger partial charge in [0, 0.05) is 11.0 Å². The molecule has 1 aromatic carbocycles. The summed E-state index contributed by atoms with van der Waals surface area (Å²) in [5, 5.41) is 16.5. The van der Waals surface area contributed by atoms with Crippen LogP contribution in [0.4, 0.5) is 0 Å². The van der Waals surface area contributed by atoms with Gasteiger partial charge in [0.2, 0.25) is 0 Å². The Balaban J connectivity index is 2.11. The number of rotatable bonds is 1. The molecule has 1 saturated heterocycles. The molecule has 3 rings (SSSR count). The van der Waals surface area contributed by atoms with E-state index in [9.17, 15) is 5.21 Å². The van der Waals surface area contributed by atoms with E-state index in [1.54, 1.807) is 7.11 Å². The maximum absolute atomic E-state index is 9.46. The molecule has 1 spiro atoms. The number of benzene rings is 1. The zero-order chi connectivity index (χ0) is 12.6. The fraction of sp³-hybridized carbons (Fsp3) is 0.500. The van der Waals surface area contributed by atoms with Crippen molar-refractivity contribution in [3.05, 3.63) is 29.3 Å². The smallest absolute Gasteiger partial charge is 0.128 e. The molecule has 1 aliphatic heterocycles. The van der Waals surface area contributed by atoms with Crippen LogP contribution in [0, 0.1) is 5.41 Å². The monoisotopic (exact) mass is 246 g/mol. The van der Waals surface area contributed by atoms with E-state index in [2.05, 4.69) is 16.5 Å². The van der Waals surface area contributed by atoms with Crippen LogP contribution in [0.3, 0.4) is 0 Å². The van der Waals surface area contributed by atoms with E-state index in [0.29, 0.717) is 0 Å². The van der Waals surface area contributed by atoms with Gasteiger partial charge in [0.25, 0.3) is 0 Å². The van der Waals surface area contributed by atoms with Crippen LogP contribution in [0.1, 0.15) is 24.0 Å². The molecule has 96 valence electrons. The van der Waals surface area contributed by atoms with Crippen LogP contribution < -0.4 is 10.1 Å². The minimum Gasteiger partial charge on any atom is -0.496 e. The van der Waals surface area contributed by atoms with Gasteiger partial charge < -0.3 is 15.3 Å². The number of fused-ring (bicyclic) bond motifs is 1. The third-order valence-electron chi connectivity index (χ3n) is 4.26. The number of hydrogen-bond donors (Lipinski definition) is 2. The van der Waals surface area contributed by atoms with Crippen molar-refractivity contribution in [3.8, 4) is 5.75 Å². The van der Waals surface area contributed by atoms with Gasteiger partial charge in [0.1, 0.15) is 5.75 Å². The number of hydrogen-bond acceptors (Lipinski definition) is 4. The molecule has 0 atom stereocenters. The van der Waals surface area contributed by atoms with E-state index >= 15 is 0 Å². The van der Waals surface area contributed by atoms with Crippen molar-refractivity contribution in [2.45, 2.75) is 19.3 Å². The summed E-state index contributed by atoms with van der Waals surface area (Å²) < 4.78 is 5.42. The highest BCUT2D eigenvalue weighted by molar-refractivity contribution is 6.10. The Bertz CT molecular complexity index is 491. The fourth-order valence-electron chi connectivity index (χ4n) is 3.35. The Morgan fingerprint density at radius 1 is 1.33 bits per heavy atom. The predicted octanol–water partition coefficient (Wildman–Crippen LogP) is 1.80. The molecule has 4 nitrogen and oxygen atoms in total. The summed E-state index contributed by atoms with van der Waals surface area (Å²) >= 11 is 0. The molecule has 4 heteroatoms. The number of oxime groups is 1. The minimum absolute atomic E-state index is 0.00301. The number of ether oxygens (including phenoxy) is 1. The molecule has 0 bridgehead atoms. The van der Waals surface area contributed by atoms with Crippen molar-refractivity contribution in [2.24, 2.45) is 10.6 Å². The Labute approximate surface area is 107 Å². The second-order valence-corrected chi connectivity index (χ2v) is 5.15. The van der Waals surface area contributed by atoms with Crippen molar-refractivity contribution in [2.75, 3.05) is 20.2 Å². The van der Waals surface area contributed by atoms with Gasteiger partial charge in [0.15, 0.2) is 0 Å². The standard InChI is InChI=1S/C14H18N2O2/c1-18-11-4-2-3-10-9-14(5-7-15-8-6-14)13(16-17)12(10)11/h2-4,15,17H,5-9H2,1H3/b16-13+. The third-order valence-corrected chi connectivity index (χ3v) is 4.26. The van der Waals surface area contributed by atoms with E-state index < -0.39 is 0 Å². The van der Waals surface area contributed by atoms with E-state index in [0.717, 1.165) is 49.4 Å². The third kappa shape index (κ3) is 1.52. The number of nitrogens with zero attached hydrogens (tertiary/aromatic N) is 1. The average Bonchev–Trinajstić information content (AvgIpc) is 2.71. The Hall–Kier alpha value is -1.55. The van der Waals surface area contributed by atoms with Crippen molar-refractivity contribution >= 4 is 5.71 Å². The summed E-state index contributed by atoms with van der Waals surface area (Å²) in [6.45, 7) is 1.96. The summed E-state index contributed by atoms with van der Waals surface area (Å²) in [6.07, 6.45) is 3.00. The highest BCUT2D eigenvalue weighted by Crippen LogP contribution is 2.46. The van der Waals surface area contributed by atoms with Crippen molar-refractivity contribution in [1.29, 1.82) is 0 Å².